The zero-order chi connectivity index (χ0) is 15.1. The van der Waals surface area contributed by atoms with E-state index < -0.39 is 0 Å². The Labute approximate surface area is 134 Å². The van der Waals surface area contributed by atoms with Crippen molar-refractivity contribution in [3.63, 3.8) is 0 Å². The summed E-state index contributed by atoms with van der Waals surface area (Å²) in [7, 11) is 0. The average Bonchev–Trinajstić information content (AvgIpc) is 2.94. The number of ether oxygens (including phenoxy) is 1. The lowest BCUT2D eigenvalue weighted by Gasteiger charge is -2.13. The third-order valence-electron chi connectivity index (χ3n) is 3.26. The molecule has 0 bridgehead atoms. The van der Waals surface area contributed by atoms with Gasteiger partial charge in [0.25, 0.3) is 0 Å². The van der Waals surface area contributed by atoms with Gasteiger partial charge >= 0.3 is 0 Å². The van der Waals surface area contributed by atoms with Gasteiger partial charge in [0.2, 0.25) is 0 Å². The molecule has 0 aliphatic rings. The molecule has 0 saturated heterocycles. The largest absolute Gasteiger partial charge is 0.485 e. The molecule has 1 aromatic heterocycles. The van der Waals surface area contributed by atoms with Crippen LogP contribution in [0.1, 0.15) is 31.7 Å². The van der Waals surface area contributed by atoms with Crippen LogP contribution in [0.4, 0.5) is 0 Å². The molecule has 0 amide bonds. The van der Waals surface area contributed by atoms with Crippen molar-refractivity contribution in [2.45, 2.75) is 40.0 Å². The van der Waals surface area contributed by atoms with Gasteiger partial charge in [-0.3, -0.25) is 0 Å². The lowest BCUT2D eigenvalue weighted by molar-refractivity contribution is 0.286. The van der Waals surface area contributed by atoms with E-state index in [0.717, 1.165) is 47.7 Å². The number of nitrogens with one attached hydrogen (secondary N) is 1. The molecule has 114 valence electrons. The lowest BCUT2D eigenvalue weighted by Crippen LogP contribution is -2.15. The number of aromatic nitrogens is 2. The Hall–Kier alpha value is -1.33. The van der Waals surface area contributed by atoms with Gasteiger partial charge in [-0.2, -0.15) is 0 Å². The molecule has 0 spiro atoms. The van der Waals surface area contributed by atoms with Crippen LogP contribution in [0.2, 0.25) is 0 Å². The molecule has 0 unspecified atom stereocenters. The second-order valence-corrected chi connectivity index (χ2v) is 5.76. The van der Waals surface area contributed by atoms with E-state index in [9.17, 15) is 0 Å². The second-order valence-electron chi connectivity index (χ2n) is 4.85. The maximum Gasteiger partial charge on any atom is 0.146 e. The monoisotopic (exact) mass is 351 g/mol. The number of halogens is 1. The number of imidazole rings is 1. The van der Waals surface area contributed by atoms with Gasteiger partial charge in [-0.25, -0.2) is 4.98 Å². The minimum atomic E-state index is 0.489. The first kappa shape index (κ1) is 16.0. The smallest absolute Gasteiger partial charge is 0.146 e. The Balaban J connectivity index is 2.04. The normalized spacial score (nSPS) is 10.8. The molecule has 2 rings (SSSR count). The van der Waals surface area contributed by atoms with E-state index in [2.05, 4.69) is 50.7 Å². The molecule has 21 heavy (non-hydrogen) atoms. The number of nitrogens with zero attached hydrogens (tertiary/aromatic N) is 2. The number of hydrogen-bond donors (Lipinski definition) is 1. The van der Waals surface area contributed by atoms with Crippen LogP contribution in [0.15, 0.2) is 35.1 Å². The van der Waals surface area contributed by atoms with Gasteiger partial charge in [-0.05, 0) is 38.1 Å². The molecular weight excluding hydrogens is 330 g/mol. The summed E-state index contributed by atoms with van der Waals surface area (Å²) in [6.45, 7) is 7.48. The number of hydrogen-bond acceptors (Lipinski definition) is 3. The fourth-order valence-electron chi connectivity index (χ4n) is 2.14. The van der Waals surface area contributed by atoms with Crippen LogP contribution in [-0.2, 0) is 19.7 Å². The van der Waals surface area contributed by atoms with Gasteiger partial charge in [0, 0.05) is 35.5 Å². The van der Waals surface area contributed by atoms with E-state index in [4.69, 9.17) is 4.74 Å². The highest BCUT2D eigenvalue weighted by Crippen LogP contribution is 2.24. The minimum absolute atomic E-state index is 0.489. The molecule has 0 aliphatic carbocycles. The topological polar surface area (TPSA) is 39.1 Å². The molecule has 1 aromatic carbocycles. The molecule has 1 N–H and O–H groups in total. The zero-order valence-electron chi connectivity index (χ0n) is 12.6. The van der Waals surface area contributed by atoms with Crippen LogP contribution in [0.5, 0.6) is 5.75 Å². The van der Waals surface area contributed by atoms with Crippen molar-refractivity contribution in [2.24, 2.45) is 0 Å². The Bertz CT molecular complexity index is 568. The van der Waals surface area contributed by atoms with Crippen molar-refractivity contribution >= 4 is 15.9 Å². The van der Waals surface area contributed by atoms with Crippen LogP contribution >= 0.6 is 15.9 Å². The second kappa shape index (κ2) is 8.20. The van der Waals surface area contributed by atoms with Crippen LogP contribution in [0.3, 0.4) is 0 Å². The summed E-state index contributed by atoms with van der Waals surface area (Å²) in [6.07, 6.45) is 4.91. The highest BCUT2D eigenvalue weighted by molar-refractivity contribution is 9.10. The SMILES string of the molecule is CCCNCc1cc(Br)ccc1OCc1nccn1CC. The van der Waals surface area contributed by atoms with E-state index in [1.54, 1.807) is 0 Å². The fraction of sp³-hybridized carbons (Fsp3) is 0.438. The molecule has 4 nitrogen and oxygen atoms in total. The van der Waals surface area contributed by atoms with Gasteiger partial charge < -0.3 is 14.6 Å². The molecule has 0 atom stereocenters. The van der Waals surface area contributed by atoms with Crippen molar-refractivity contribution in [2.75, 3.05) is 6.54 Å². The van der Waals surface area contributed by atoms with Gasteiger partial charge in [0.15, 0.2) is 0 Å². The van der Waals surface area contributed by atoms with Crippen molar-refractivity contribution in [3.05, 3.63) is 46.5 Å². The number of benzene rings is 1. The average molecular weight is 352 g/mol. The van der Waals surface area contributed by atoms with Crippen LogP contribution in [-0.4, -0.2) is 16.1 Å². The van der Waals surface area contributed by atoms with Gasteiger partial charge in [-0.15, -0.1) is 0 Å². The van der Waals surface area contributed by atoms with Crippen LogP contribution in [0, 0.1) is 0 Å². The third-order valence-corrected chi connectivity index (χ3v) is 3.76. The summed E-state index contributed by atoms with van der Waals surface area (Å²) >= 11 is 3.52. The first-order chi connectivity index (χ1) is 10.2. The highest BCUT2D eigenvalue weighted by atomic mass is 79.9. The maximum absolute atomic E-state index is 5.97. The fourth-order valence-corrected chi connectivity index (χ4v) is 2.55. The predicted molar refractivity (Wildman–Crippen MR) is 88.4 cm³/mol. The van der Waals surface area contributed by atoms with E-state index in [1.807, 2.05) is 24.5 Å². The molecule has 0 radical (unpaired) electrons. The first-order valence-corrected chi connectivity index (χ1v) is 8.15. The van der Waals surface area contributed by atoms with E-state index >= 15 is 0 Å². The molecule has 1 heterocycles. The molecular formula is C16H22BrN3O. The zero-order valence-corrected chi connectivity index (χ0v) is 14.2. The Kier molecular flexibility index (Phi) is 6.26. The van der Waals surface area contributed by atoms with Gasteiger partial charge in [0.05, 0.1) is 0 Å². The van der Waals surface area contributed by atoms with Crippen molar-refractivity contribution < 1.29 is 4.74 Å². The molecule has 2 aromatic rings. The lowest BCUT2D eigenvalue weighted by atomic mass is 10.2. The summed E-state index contributed by atoms with van der Waals surface area (Å²) in [4.78, 5) is 4.34. The van der Waals surface area contributed by atoms with E-state index in [0.29, 0.717) is 6.61 Å². The quantitative estimate of drug-likeness (QED) is 0.736. The summed E-state index contributed by atoms with van der Waals surface area (Å²) < 4.78 is 9.12. The van der Waals surface area contributed by atoms with E-state index in [1.165, 1.54) is 0 Å². The van der Waals surface area contributed by atoms with Gasteiger partial charge in [0.1, 0.15) is 18.2 Å². The summed E-state index contributed by atoms with van der Waals surface area (Å²) in [5.41, 5.74) is 1.16. The summed E-state index contributed by atoms with van der Waals surface area (Å²) in [6, 6.07) is 6.11. The standard InChI is InChI=1S/C16H22BrN3O/c1-3-7-18-11-13-10-14(17)5-6-15(13)21-12-16-19-8-9-20(16)4-2/h5-6,8-10,18H,3-4,7,11-12H2,1-2H3. The first-order valence-electron chi connectivity index (χ1n) is 7.36. The third kappa shape index (κ3) is 4.58. The Morgan fingerprint density at radius 1 is 1.33 bits per heavy atom. The highest BCUT2D eigenvalue weighted by Gasteiger charge is 2.07. The summed E-state index contributed by atoms with van der Waals surface area (Å²) in [5, 5.41) is 3.41. The maximum atomic E-state index is 5.97. The van der Waals surface area contributed by atoms with Crippen molar-refractivity contribution in [1.82, 2.24) is 14.9 Å². The summed E-state index contributed by atoms with van der Waals surface area (Å²) in [5.74, 6) is 1.86. The minimum Gasteiger partial charge on any atom is -0.485 e. The van der Waals surface area contributed by atoms with Crippen LogP contribution in [0.25, 0.3) is 0 Å². The van der Waals surface area contributed by atoms with Crippen molar-refractivity contribution in [3.8, 4) is 5.75 Å². The molecule has 0 saturated carbocycles. The number of rotatable bonds is 8. The molecule has 5 heteroatoms. The Morgan fingerprint density at radius 3 is 2.95 bits per heavy atom. The van der Waals surface area contributed by atoms with Gasteiger partial charge in [-0.1, -0.05) is 22.9 Å². The predicted octanol–water partition coefficient (Wildman–Crippen LogP) is 3.74. The van der Waals surface area contributed by atoms with Crippen LogP contribution < -0.4 is 10.1 Å². The molecule has 0 aliphatic heterocycles. The van der Waals surface area contributed by atoms with Crippen molar-refractivity contribution in [1.29, 1.82) is 0 Å². The Morgan fingerprint density at radius 2 is 2.19 bits per heavy atom. The molecule has 0 fully saturated rings. The number of aryl methyl sites for hydroxylation is 1. The van der Waals surface area contributed by atoms with E-state index in [-0.39, 0.29) is 0 Å².